The molecule has 7 N–H and O–H groups in total. The maximum atomic E-state index is 13.0. The number of carbonyl (C=O) groups excluding carboxylic acids is 2. The molecule has 4 unspecified atom stereocenters. The van der Waals surface area contributed by atoms with Crippen molar-refractivity contribution >= 4 is 11.9 Å². The van der Waals surface area contributed by atoms with Crippen LogP contribution in [0.5, 0.6) is 0 Å². The molecule has 0 saturated carbocycles. The molecule has 0 aromatic rings. The molecule has 0 aliphatic carbocycles. The molecule has 2 rings (SSSR count). The lowest BCUT2D eigenvalue weighted by molar-refractivity contribution is -0.332. The van der Waals surface area contributed by atoms with E-state index < -0.39 is 92.7 Å². The van der Waals surface area contributed by atoms with Crippen LogP contribution in [-0.2, 0) is 38.0 Å². The van der Waals surface area contributed by atoms with E-state index in [0.29, 0.717) is 12.8 Å². The van der Waals surface area contributed by atoms with Gasteiger partial charge >= 0.3 is 11.9 Å². The smallest absolute Gasteiger partial charge is 0.306 e. The van der Waals surface area contributed by atoms with Crippen molar-refractivity contribution in [2.75, 3.05) is 26.4 Å². The van der Waals surface area contributed by atoms with Gasteiger partial charge in [0, 0.05) is 12.8 Å². The van der Waals surface area contributed by atoms with Crippen LogP contribution in [0.25, 0.3) is 0 Å². The first-order valence-corrected chi connectivity index (χ1v) is 27.1. The third-order valence-electron chi connectivity index (χ3n) is 12.8. The number of aliphatic hydroxyl groups is 7. The largest absolute Gasteiger partial charge is 0.462 e. The first kappa shape index (κ1) is 62.8. The van der Waals surface area contributed by atoms with Crippen LogP contribution in [0.4, 0.5) is 0 Å². The van der Waals surface area contributed by atoms with Gasteiger partial charge in [0.25, 0.3) is 0 Å². The van der Waals surface area contributed by atoms with Crippen molar-refractivity contribution in [3.63, 3.8) is 0 Å². The Labute approximate surface area is 415 Å². The van der Waals surface area contributed by atoms with E-state index in [1.807, 2.05) is 0 Å². The minimum absolute atomic E-state index is 0.160. The molecule has 2 aliphatic heterocycles. The van der Waals surface area contributed by atoms with Crippen LogP contribution in [-0.4, -0.2) is 142 Å². The monoisotopic (exact) mass is 985 g/mol. The maximum absolute atomic E-state index is 13.0. The molecule has 2 fully saturated rings. The van der Waals surface area contributed by atoms with Crippen molar-refractivity contribution in [1.29, 1.82) is 0 Å². The molecule has 2 saturated heterocycles. The lowest BCUT2D eigenvalue weighted by Gasteiger charge is -2.42. The van der Waals surface area contributed by atoms with Crippen molar-refractivity contribution < 1.29 is 73.8 Å². The quantitative estimate of drug-likeness (QED) is 0.0174. The topological polar surface area (TPSA) is 231 Å². The summed E-state index contributed by atoms with van der Waals surface area (Å²) in [6, 6.07) is 0. The second-order valence-corrected chi connectivity index (χ2v) is 19.0. The molecule has 15 nitrogen and oxygen atoms in total. The van der Waals surface area contributed by atoms with Crippen molar-refractivity contribution in [3.05, 3.63) is 36.5 Å². The second-order valence-electron chi connectivity index (χ2n) is 19.0. The minimum Gasteiger partial charge on any atom is -0.462 e. The van der Waals surface area contributed by atoms with Gasteiger partial charge in [-0.15, -0.1) is 0 Å². The van der Waals surface area contributed by atoms with E-state index in [9.17, 15) is 45.3 Å². The Morgan fingerprint density at radius 1 is 0.464 bits per heavy atom. The standard InChI is InChI=1S/C54H96O15/c1-3-5-7-9-11-13-15-17-19-20-21-22-23-25-27-29-31-33-35-37-46(57)67-42(39-64-45(56)36-34-32-30-28-26-24-18-16-14-12-10-8-6-4-2)40-65-53-52(63)50(61)48(59)44(69-53)41-66-54-51(62)49(60)47(58)43(38-55)68-54/h10,12,16-19,42-44,47-55,58-63H,3-9,11,13-15,20-41H2,1-2H3/b12-10+,18-16+,19-17+/t42-,43+,44+,47-,48-,49?,50?,51?,52?,53+,54+/m1/s1. The van der Waals surface area contributed by atoms with Gasteiger partial charge in [0.05, 0.1) is 19.8 Å². The van der Waals surface area contributed by atoms with E-state index in [2.05, 4.69) is 50.3 Å². The number of hydrogen-bond acceptors (Lipinski definition) is 15. The van der Waals surface area contributed by atoms with Crippen LogP contribution in [0.3, 0.4) is 0 Å². The Hall–Kier alpha value is -2.28. The van der Waals surface area contributed by atoms with E-state index >= 15 is 0 Å². The summed E-state index contributed by atoms with van der Waals surface area (Å²) in [5.41, 5.74) is 0. The summed E-state index contributed by atoms with van der Waals surface area (Å²) in [6.45, 7) is 2.54. The van der Waals surface area contributed by atoms with Crippen molar-refractivity contribution in [1.82, 2.24) is 0 Å². The van der Waals surface area contributed by atoms with Crippen LogP contribution in [0.1, 0.15) is 200 Å². The van der Waals surface area contributed by atoms with Gasteiger partial charge in [-0.1, -0.05) is 159 Å². The van der Waals surface area contributed by atoms with Crippen LogP contribution >= 0.6 is 0 Å². The van der Waals surface area contributed by atoms with Crippen molar-refractivity contribution in [2.24, 2.45) is 0 Å². The molecule has 15 heteroatoms. The molecule has 2 aliphatic rings. The summed E-state index contributed by atoms with van der Waals surface area (Å²) in [7, 11) is 0. The predicted octanol–water partition coefficient (Wildman–Crippen LogP) is 8.10. The highest BCUT2D eigenvalue weighted by Gasteiger charge is 2.47. The normalized spacial score (nSPS) is 25.8. The summed E-state index contributed by atoms with van der Waals surface area (Å²) < 4.78 is 33.6. The number of hydrogen-bond donors (Lipinski definition) is 7. The van der Waals surface area contributed by atoms with Gasteiger partial charge in [-0.25, -0.2) is 0 Å². The molecule has 0 radical (unpaired) electrons. The number of allylic oxidation sites excluding steroid dienone is 6. The summed E-state index contributed by atoms with van der Waals surface area (Å²) in [6.07, 6.45) is 27.4. The lowest BCUT2D eigenvalue weighted by Crippen LogP contribution is -2.61. The fourth-order valence-electron chi connectivity index (χ4n) is 8.35. The average molecular weight is 985 g/mol. The fourth-order valence-corrected chi connectivity index (χ4v) is 8.35. The predicted molar refractivity (Wildman–Crippen MR) is 266 cm³/mol. The zero-order valence-electron chi connectivity index (χ0n) is 42.5. The number of unbranched alkanes of at least 4 members (excludes halogenated alkanes) is 22. The highest BCUT2D eigenvalue weighted by Crippen LogP contribution is 2.26. The molecule has 402 valence electrons. The first-order chi connectivity index (χ1) is 33.5. The van der Waals surface area contributed by atoms with Gasteiger partial charge in [-0.3, -0.25) is 9.59 Å². The summed E-state index contributed by atoms with van der Waals surface area (Å²) in [5, 5.41) is 72.1. The van der Waals surface area contributed by atoms with E-state index in [1.54, 1.807) is 0 Å². The second kappa shape index (κ2) is 41.2. The summed E-state index contributed by atoms with van der Waals surface area (Å²) >= 11 is 0. The molecule has 0 aromatic carbocycles. The Morgan fingerprint density at radius 3 is 1.41 bits per heavy atom. The third-order valence-corrected chi connectivity index (χ3v) is 12.8. The zero-order chi connectivity index (χ0) is 50.3. The van der Waals surface area contributed by atoms with Crippen LogP contribution < -0.4 is 0 Å². The molecular formula is C54H96O15. The van der Waals surface area contributed by atoms with E-state index in [0.717, 1.165) is 70.6 Å². The van der Waals surface area contributed by atoms with Gasteiger partial charge in [0.15, 0.2) is 18.7 Å². The van der Waals surface area contributed by atoms with E-state index in [4.69, 9.17) is 28.4 Å². The Kier molecular flexibility index (Phi) is 37.5. The fraction of sp³-hybridized carbons (Fsp3) is 0.852. The van der Waals surface area contributed by atoms with E-state index in [-0.39, 0.29) is 26.1 Å². The number of carbonyl (C=O) groups is 2. The first-order valence-electron chi connectivity index (χ1n) is 27.1. The van der Waals surface area contributed by atoms with Crippen molar-refractivity contribution in [3.8, 4) is 0 Å². The maximum Gasteiger partial charge on any atom is 0.306 e. The SMILES string of the molecule is CCCC/C=C/C/C=C/CCCCCCCC(=O)OC[C@H](CO[C@H]1O[C@@H](CO[C@H]2O[C@@H](CO)[C@@H](O)C(O)C2O)[C@@H](O)C(O)C1O)OC(=O)CCCCCCCCCCC/C=C/CCCCCCCC. The number of rotatable bonds is 42. The summed E-state index contributed by atoms with van der Waals surface area (Å²) in [4.78, 5) is 25.8. The van der Waals surface area contributed by atoms with Gasteiger partial charge in [-0.05, 0) is 64.2 Å². The van der Waals surface area contributed by atoms with Crippen LogP contribution in [0.2, 0.25) is 0 Å². The highest BCUT2D eigenvalue weighted by atomic mass is 16.7. The molecule has 69 heavy (non-hydrogen) atoms. The average Bonchev–Trinajstić information content (AvgIpc) is 3.34. The minimum atomic E-state index is -1.77. The Balaban J connectivity index is 1.79. The number of aliphatic hydroxyl groups excluding tert-OH is 7. The van der Waals surface area contributed by atoms with Crippen molar-refractivity contribution in [2.45, 2.75) is 268 Å². The zero-order valence-corrected chi connectivity index (χ0v) is 42.5. The molecule has 0 amide bonds. The number of esters is 2. The Morgan fingerprint density at radius 2 is 0.884 bits per heavy atom. The molecule has 0 aromatic heterocycles. The lowest BCUT2D eigenvalue weighted by atomic mass is 9.98. The summed E-state index contributed by atoms with van der Waals surface area (Å²) in [5.74, 6) is -0.940. The molecule has 2 heterocycles. The molecule has 11 atom stereocenters. The van der Waals surface area contributed by atoms with Gasteiger partial charge in [0.2, 0.25) is 0 Å². The van der Waals surface area contributed by atoms with Crippen LogP contribution in [0, 0.1) is 0 Å². The van der Waals surface area contributed by atoms with Gasteiger partial charge < -0.3 is 64.2 Å². The van der Waals surface area contributed by atoms with Gasteiger partial charge in [0.1, 0.15) is 55.4 Å². The molecule has 0 spiro atoms. The third kappa shape index (κ3) is 29.1. The molecular weight excluding hydrogens is 889 g/mol. The Bertz CT molecular complexity index is 1340. The highest BCUT2D eigenvalue weighted by molar-refractivity contribution is 5.70. The molecule has 0 bridgehead atoms. The van der Waals surface area contributed by atoms with Gasteiger partial charge in [-0.2, -0.15) is 0 Å². The van der Waals surface area contributed by atoms with Crippen LogP contribution in [0.15, 0.2) is 36.5 Å². The number of ether oxygens (including phenoxy) is 6. The van der Waals surface area contributed by atoms with E-state index in [1.165, 1.54) is 89.9 Å².